The number of pyridine rings is 2. The minimum Gasteiger partial charge on any atom is -0.383 e. The van der Waals surface area contributed by atoms with Crippen LogP contribution in [0.15, 0.2) is 24.5 Å². The lowest BCUT2D eigenvalue weighted by Gasteiger charge is -2.07. The molecule has 82 valence electrons. The number of hydrogen-bond acceptors (Lipinski definition) is 3. The Balaban J connectivity index is 2.57. The molecule has 0 unspecified atom stereocenters. The van der Waals surface area contributed by atoms with Gasteiger partial charge in [0.05, 0.1) is 11.9 Å². The van der Waals surface area contributed by atoms with Crippen molar-refractivity contribution >= 4 is 5.82 Å². The Bertz CT molecular complexity index is 515. The number of hydrogen-bond donors (Lipinski definition) is 1. The normalized spacial score (nSPS) is 10.4. The third-order valence-corrected chi connectivity index (χ3v) is 2.57. The Morgan fingerprint density at radius 3 is 2.56 bits per heavy atom. The molecule has 4 heteroatoms. The van der Waals surface area contributed by atoms with E-state index in [9.17, 15) is 4.39 Å². The molecule has 0 aromatic carbocycles. The molecule has 0 atom stereocenters. The summed E-state index contributed by atoms with van der Waals surface area (Å²) < 4.78 is 13.0. The predicted octanol–water partition coefficient (Wildman–Crippen LogP) is 2.48. The Hall–Kier alpha value is -1.97. The van der Waals surface area contributed by atoms with Crippen molar-refractivity contribution in [1.82, 2.24) is 9.97 Å². The molecule has 0 aliphatic carbocycles. The first-order valence-corrected chi connectivity index (χ1v) is 4.92. The average Bonchev–Trinajstić information content (AvgIpc) is 2.25. The standard InChI is InChI=1S/C12H12FN3/c1-7-3-11(16-12(14)8(7)2)9-4-10(13)6-15-5-9/h3-6H,1-2H3,(H2,14,16). The average molecular weight is 217 g/mol. The molecule has 0 amide bonds. The van der Waals surface area contributed by atoms with Crippen LogP contribution in [-0.4, -0.2) is 9.97 Å². The zero-order valence-corrected chi connectivity index (χ0v) is 9.16. The summed E-state index contributed by atoms with van der Waals surface area (Å²) in [5.74, 6) is 0.0929. The maximum Gasteiger partial charge on any atom is 0.142 e. The van der Waals surface area contributed by atoms with Crippen LogP contribution in [0, 0.1) is 19.7 Å². The molecule has 2 aromatic rings. The van der Waals surface area contributed by atoms with Crippen LogP contribution in [0.2, 0.25) is 0 Å². The van der Waals surface area contributed by atoms with Crippen LogP contribution >= 0.6 is 0 Å². The number of rotatable bonds is 1. The van der Waals surface area contributed by atoms with E-state index in [1.54, 1.807) is 6.20 Å². The molecule has 0 aliphatic heterocycles. The summed E-state index contributed by atoms with van der Waals surface area (Å²) in [6.45, 7) is 3.86. The quantitative estimate of drug-likeness (QED) is 0.798. The van der Waals surface area contributed by atoms with Crippen molar-refractivity contribution in [3.8, 4) is 11.3 Å². The number of halogens is 1. The number of anilines is 1. The smallest absolute Gasteiger partial charge is 0.142 e. The molecule has 2 aromatic heterocycles. The van der Waals surface area contributed by atoms with E-state index in [0.717, 1.165) is 17.3 Å². The molecule has 0 radical (unpaired) electrons. The summed E-state index contributed by atoms with van der Waals surface area (Å²) in [6, 6.07) is 3.27. The Kier molecular flexibility index (Phi) is 2.56. The SMILES string of the molecule is Cc1cc(-c2cncc(F)c2)nc(N)c1C. The zero-order valence-electron chi connectivity index (χ0n) is 9.16. The van der Waals surface area contributed by atoms with E-state index in [2.05, 4.69) is 9.97 Å². The zero-order chi connectivity index (χ0) is 11.7. The molecule has 0 aliphatic rings. The van der Waals surface area contributed by atoms with E-state index in [4.69, 9.17) is 5.73 Å². The highest BCUT2D eigenvalue weighted by atomic mass is 19.1. The molecule has 2 rings (SSSR count). The Morgan fingerprint density at radius 2 is 1.94 bits per heavy atom. The number of nitrogen functional groups attached to an aromatic ring is 1. The number of aromatic nitrogens is 2. The van der Waals surface area contributed by atoms with Gasteiger partial charge in [0.25, 0.3) is 0 Å². The van der Waals surface area contributed by atoms with Crippen LogP contribution in [-0.2, 0) is 0 Å². The fourth-order valence-electron chi connectivity index (χ4n) is 1.46. The molecule has 0 spiro atoms. The van der Waals surface area contributed by atoms with Gasteiger partial charge in [0, 0.05) is 11.8 Å². The summed E-state index contributed by atoms with van der Waals surface area (Å²) in [5.41, 5.74) is 9.04. The number of aryl methyl sites for hydroxylation is 1. The van der Waals surface area contributed by atoms with Gasteiger partial charge >= 0.3 is 0 Å². The molecular formula is C12H12FN3. The van der Waals surface area contributed by atoms with Gasteiger partial charge in [0.1, 0.15) is 11.6 Å². The van der Waals surface area contributed by atoms with E-state index in [1.165, 1.54) is 6.07 Å². The highest BCUT2D eigenvalue weighted by molar-refractivity contribution is 5.62. The molecule has 0 saturated carbocycles. The first-order chi connectivity index (χ1) is 7.58. The molecule has 3 nitrogen and oxygen atoms in total. The van der Waals surface area contributed by atoms with Crippen LogP contribution in [0.4, 0.5) is 10.2 Å². The van der Waals surface area contributed by atoms with Crippen LogP contribution in [0.25, 0.3) is 11.3 Å². The van der Waals surface area contributed by atoms with Gasteiger partial charge in [-0.1, -0.05) is 0 Å². The highest BCUT2D eigenvalue weighted by Gasteiger charge is 2.06. The largest absolute Gasteiger partial charge is 0.383 e. The highest BCUT2D eigenvalue weighted by Crippen LogP contribution is 2.22. The summed E-state index contributed by atoms with van der Waals surface area (Å²) in [6.07, 6.45) is 2.73. The van der Waals surface area contributed by atoms with Crippen molar-refractivity contribution in [1.29, 1.82) is 0 Å². The first kappa shape index (κ1) is 10.5. The maximum atomic E-state index is 13.0. The first-order valence-electron chi connectivity index (χ1n) is 4.92. The summed E-state index contributed by atoms with van der Waals surface area (Å²) in [5, 5.41) is 0. The molecule has 0 bridgehead atoms. The number of nitrogens with two attached hydrogens (primary N) is 1. The van der Waals surface area contributed by atoms with E-state index < -0.39 is 0 Å². The van der Waals surface area contributed by atoms with Crippen molar-refractivity contribution in [3.63, 3.8) is 0 Å². The van der Waals surface area contributed by atoms with E-state index >= 15 is 0 Å². The van der Waals surface area contributed by atoms with Gasteiger partial charge in [-0.25, -0.2) is 9.37 Å². The summed E-state index contributed by atoms with van der Waals surface area (Å²) in [4.78, 5) is 8.00. The van der Waals surface area contributed by atoms with Crippen molar-refractivity contribution in [2.45, 2.75) is 13.8 Å². The lowest BCUT2D eigenvalue weighted by atomic mass is 10.1. The summed E-state index contributed by atoms with van der Waals surface area (Å²) in [7, 11) is 0. The summed E-state index contributed by atoms with van der Waals surface area (Å²) >= 11 is 0. The third kappa shape index (κ3) is 1.86. The molecule has 0 fully saturated rings. The molecule has 2 N–H and O–H groups in total. The predicted molar refractivity (Wildman–Crippen MR) is 61.3 cm³/mol. The van der Waals surface area contributed by atoms with Crippen molar-refractivity contribution in [2.75, 3.05) is 5.73 Å². The van der Waals surface area contributed by atoms with E-state index in [0.29, 0.717) is 17.1 Å². The lowest BCUT2D eigenvalue weighted by molar-refractivity contribution is 0.622. The second-order valence-corrected chi connectivity index (χ2v) is 3.73. The Labute approximate surface area is 93.2 Å². The molecule has 16 heavy (non-hydrogen) atoms. The minimum absolute atomic E-state index is 0.379. The van der Waals surface area contributed by atoms with Gasteiger partial charge in [-0.2, -0.15) is 0 Å². The third-order valence-electron chi connectivity index (χ3n) is 2.57. The van der Waals surface area contributed by atoms with Crippen LogP contribution in [0.3, 0.4) is 0 Å². The van der Waals surface area contributed by atoms with Gasteiger partial charge in [-0.05, 0) is 37.1 Å². The van der Waals surface area contributed by atoms with Gasteiger partial charge < -0.3 is 5.73 Å². The second-order valence-electron chi connectivity index (χ2n) is 3.73. The van der Waals surface area contributed by atoms with E-state index in [-0.39, 0.29) is 5.82 Å². The second kappa shape index (κ2) is 3.89. The van der Waals surface area contributed by atoms with Crippen LogP contribution in [0.1, 0.15) is 11.1 Å². The van der Waals surface area contributed by atoms with Gasteiger partial charge in [-0.15, -0.1) is 0 Å². The van der Waals surface area contributed by atoms with Gasteiger partial charge in [-0.3, -0.25) is 4.98 Å². The molecular weight excluding hydrogens is 205 g/mol. The van der Waals surface area contributed by atoms with Crippen molar-refractivity contribution < 1.29 is 4.39 Å². The minimum atomic E-state index is -0.379. The lowest BCUT2D eigenvalue weighted by Crippen LogP contribution is -1.98. The topological polar surface area (TPSA) is 51.8 Å². The van der Waals surface area contributed by atoms with Gasteiger partial charge in [0.2, 0.25) is 0 Å². The fourth-order valence-corrected chi connectivity index (χ4v) is 1.46. The monoisotopic (exact) mass is 217 g/mol. The number of nitrogens with zero attached hydrogens (tertiary/aromatic N) is 2. The van der Waals surface area contributed by atoms with Crippen molar-refractivity contribution in [3.05, 3.63) is 41.5 Å². The van der Waals surface area contributed by atoms with E-state index in [1.807, 2.05) is 19.9 Å². The molecule has 2 heterocycles. The fraction of sp³-hybridized carbons (Fsp3) is 0.167. The Morgan fingerprint density at radius 1 is 1.19 bits per heavy atom. The van der Waals surface area contributed by atoms with Crippen LogP contribution in [0.5, 0.6) is 0 Å². The van der Waals surface area contributed by atoms with Gasteiger partial charge in [0.15, 0.2) is 0 Å². The van der Waals surface area contributed by atoms with Crippen LogP contribution < -0.4 is 5.73 Å². The van der Waals surface area contributed by atoms with Crippen molar-refractivity contribution in [2.24, 2.45) is 0 Å². The molecule has 0 saturated heterocycles. The maximum absolute atomic E-state index is 13.0.